The first-order chi connectivity index (χ1) is 10.2. The van der Waals surface area contributed by atoms with E-state index < -0.39 is 0 Å². The molecule has 0 bridgehead atoms. The van der Waals surface area contributed by atoms with Crippen molar-refractivity contribution in [2.75, 3.05) is 0 Å². The van der Waals surface area contributed by atoms with Crippen molar-refractivity contribution in [2.24, 2.45) is 9.98 Å². The average Bonchev–Trinajstić information content (AvgIpc) is 2.93. The fourth-order valence-electron chi connectivity index (χ4n) is 2.86. The summed E-state index contributed by atoms with van der Waals surface area (Å²) in [6.45, 7) is 4.30. The molecule has 4 rings (SSSR count). The monoisotopic (exact) mass is 272 g/mol. The van der Waals surface area contributed by atoms with Crippen LogP contribution in [0.2, 0.25) is 0 Å². The number of fused-ring (bicyclic) bond motifs is 1. The number of aliphatic imine (C=N–C) groups is 2. The summed E-state index contributed by atoms with van der Waals surface area (Å²) < 4.78 is 0. The van der Waals surface area contributed by atoms with Crippen LogP contribution in [0.5, 0.6) is 0 Å². The Hall–Kier alpha value is -2.48. The van der Waals surface area contributed by atoms with Crippen LogP contribution in [0.15, 0.2) is 52.5 Å². The van der Waals surface area contributed by atoms with Crippen molar-refractivity contribution in [1.82, 2.24) is 0 Å². The third-order valence-corrected chi connectivity index (χ3v) is 4.33. The molecule has 0 aliphatic carbocycles. The van der Waals surface area contributed by atoms with Gasteiger partial charge in [0, 0.05) is 18.0 Å². The molecule has 2 aliphatic rings. The van der Waals surface area contributed by atoms with E-state index in [0.29, 0.717) is 0 Å². The molecule has 1 unspecified atom stereocenters. The van der Waals surface area contributed by atoms with E-state index in [1.165, 1.54) is 33.4 Å². The van der Waals surface area contributed by atoms with Crippen molar-refractivity contribution in [3.05, 3.63) is 70.3 Å². The lowest BCUT2D eigenvalue weighted by Crippen LogP contribution is -2.00. The van der Waals surface area contributed by atoms with Crippen LogP contribution in [0.4, 0.5) is 5.69 Å². The topological polar surface area (TPSA) is 24.7 Å². The summed E-state index contributed by atoms with van der Waals surface area (Å²) in [6, 6.07) is 13.2. The Balaban J connectivity index is 1.72. The largest absolute Gasteiger partial charge is 0.280 e. The van der Waals surface area contributed by atoms with Gasteiger partial charge in [0.05, 0.1) is 5.69 Å². The zero-order valence-electron chi connectivity index (χ0n) is 12.2. The van der Waals surface area contributed by atoms with Gasteiger partial charge in [-0.1, -0.05) is 24.3 Å². The molecule has 21 heavy (non-hydrogen) atoms. The highest BCUT2D eigenvalue weighted by molar-refractivity contribution is 5.99. The van der Waals surface area contributed by atoms with Crippen molar-refractivity contribution < 1.29 is 0 Å². The Morgan fingerprint density at radius 1 is 0.952 bits per heavy atom. The van der Waals surface area contributed by atoms with Crippen molar-refractivity contribution in [1.29, 1.82) is 0 Å². The summed E-state index contributed by atoms with van der Waals surface area (Å²) in [7, 11) is 0. The number of rotatable bonds is 2. The predicted molar refractivity (Wildman–Crippen MR) is 88.8 cm³/mol. The van der Waals surface area contributed by atoms with Gasteiger partial charge in [-0.3, -0.25) is 9.98 Å². The Labute approximate surface area is 124 Å². The maximum absolute atomic E-state index is 4.65. The Morgan fingerprint density at radius 3 is 2.57 bits per heavy atom. The average molecular weight is 272 g/mol. The molecule has 2 heteroatoms. The summed E-state index contributed by atoms with van der Waals surface area (Å²) in [5, 5.41) is 0. The molecule has 0 fully saturated rings. The number of nitrogens with zero attached hydrogens (tertiary/aromatic N) is 2. The van der Waals surface area contributed by atoms with Gasteiger partial charge in [0.15, 0.2) is 0 Å². The Bertz CT molecular complexity index is 825. The fourth-order valence-corrected chi connectivity index (χ4v) is 2.86. The Kier molecular flexibility index (Phi) is 2.64. The van der Waals surface area contributed by atoms with Crippen molar-refractivity contribution in [3.8, 4) is 0 Å². The van der Waals surface area contributed by atoms with Crippen LogP contribution < -0.4 is 0 Å². The van der Waals surface area contributed by atoms with Gasteiger partial charge in [-0.2, -0.15) is 0 Å². The van der Waals surface area contributed by atoms with Crippen molar-refractivity contribution in [2.45, 2.75) is 19.9 Å². The first kappa shape index (κ1) is 12.3. The van der Waals surface area contributed by atoms with Gasteiger partial charge in [0.25, 0.3) is 0 Å². The first-order valence-electron chi connectivity index (χ1n) is 7.21. The van der Waals surface area contributed by atoms with Gasteiger partial charge in [-0.15, -0.1) is 0 Å². The standard InChI is InChI=1S/C19H16N2/c1-12-3-4-15(9-13(12)2)19-17(7-8-20-19)14-5-6-18-16(10-14)11-21-18/h3-11,19H,1-2H3. The molecule has 0 N–H and O–H groups in total. The molecular weight excluding hydrogens is 256 g/mol. The van der Waals surface area contributed by atoms with E-state index in [0.717, 1.165) is 5.69 Å². The molecule has 2 aliphatic heterocycles. The molecule has 0 saturated heterocycles. The van der Waals surface area contributed by atoms with Gasteiger partial charge < -0.3 is 0 Å². The number of hydrogen-bond acceptors (Lipinski definition) is 2. The number of aryl methyl sites for hydroxylation is 2. The molecule has 2 aromatic rings. The summed E-state index contributed by atoms with van der Waals surface area (Å²) in [5.41, 5.74) is 8.71. The second-order valence-corrected chi connectivity index (χ2v) is 5.70. The molecule has 0 spiro atoms. The highest BCUT2D eigenvalue weighted by atomic mass is 14.8. The van der Waals surface area contributed by atoms with E-state index in [2.05, 4.69) is 66.3 Å². The van der Waals surface area contributed by atoms with Crippen LogP contribution in [0.25, 0.3) is 5.57 Å². The highest BCUT2D eigenvalue weighted by Gasteiger charge is 2.21. The van der Waals surface area contributed by atoms with Crippen LogP contribution >= 0.6 is 0 Å². The zero-order chi connectivity index (χ0) is 14.4. The molecule has 0 saturated carbocycles. The Morgan fingerprint density at radius 2 is 1.86 bits per heavy atom. The molecule has 1 atom stereocenters. The molecule has 2 heterocycles. The van der Waals surface area contributed by atoms with Crippen LogP contribution in [0, 0.1) is 13.8 Å². The minimum absolute atomic E-state index is 0.111. The van der Waals surface area contributed by atoms with Crippen LogP contribution in [-0.4, -0.2) is 12.4 Å². The van der Waals surface area contributed by atoms with E-state index in [9.17, 15) is 0 Å². The second kappa shape index (κ2) is 4.52. The quantitative estimate of drug-likeness (QED) is 0.652. The van der Waals surface area contributed by atoms with Crippen molar-refractivity contribution in [3.63, 3.8) is 0 Å². The molecule has 2 aromatic carbocycles. The lowest BCUT2D eigenvalue weighted by molar-refractivity contribution is 0.950. The summed E-state index contributed by atoms with van der Waals surface area (Å²) in [5.74, 6) is 0. The van der Waals surface area contributed by atoms with Gasteiger partial charge >= 0.3 is 0 Å². The van der Waals surface area contributed by atoms with Crippen LogP contribution in [0.3, 0.4) is 0 Å². The summed E-state index contributed by atoms with van der Waals surface area (Å²) in [6.07, 6.45) is 5.96. The van der Waals surface area contributed by atoms with Gasteiger partial charge in [-0.05, 0) is 59.9 Å². The smallest absolute Gasteiger partial charge is 0.101 e. The minimum atomic E-state index is 0.111. The van der Waals surface area contributed by atoms with E-state index >= 15 is 0 Å². The first-order valence-corrected chi connectivity index (χ1v) is 7.21. The zero-order valence-corrected chi connectivity index (χ0v) is 12.2. The highest BCUT2D eigenvalue weighted by Crippen LogP contribution is 2.38. The molecular formula is C19H16N2. The number of hydrogen-bond donors (Lipinski definition) is 0. The minimum Gasteiger partial charge on any atom is -0.280 e. The maximum Gasteiger partial charge on any atom is 0.101 e. The van der Waals surface area contributed by atoms with E-state index in [1.54, 1.807) is 0 Å². The molecule has 0 aromatic heterocycles. The lowest BCUT2D eigenvalue weighted by atomic mass is 9.91. The van der Waals surface area contributed by atoms with Gasteiger partial charge in [0.1, 0.15) is 6.04 Å². The van der Waals surface area contributed by atoms with E-state index in [4.69, 9.17) is 0 Å². The lowest BCUT2D eigenvalue weighted by Gasteiger charge is -2.17. The SMILES string of the molecule is Cc1ccc(C2N=CC=C2c2ccc3c(c2)C=N3)cc1C. The molecule has 2 nitrogen and oxygen atoms in total. The summed E-state index contributed by atoms with van der Waals surface area (Å²) >= 11 is 0. The van der Waals surface area contributed by atoms with Crippen LogP contribution in [0.1, 0.15) is 33.9 Å². The summed E-state index contributed by atoms with van der Waals surface area (Å²) in [4.78, 5) is 8.88. The van der Waals surface area contributed by atoms with E-state index in [-0.39, 0.29) is 6.04 Å². The molecule has 0 radical (unpaired) electrons. The second-order valence-electron chi connectivity index (χ2n) is 5.70. The predicted octanol–water partition coefficient (Wildman–Crippen LogP) is 4.58. The molecule has 0 amide bonds. The van der Waals surface area contributed by atoms with Gasteiger partial charge in [-0.25, -0.2) is 0 Å². The van der Waals surface area contributed by atoms with Gasteiger partial charge in [0.2, 0.25) is 0 Å². The molecule has 102 valence electrons. The van der Waals surface area contributed by atoms with E-state index in [1.807, 2.05) is 12.4 Å². The normalized spacial score (nSPS) is 18.4. The third-order valence-electron chi connectivity index (χ3n) is 4.33. The fraction of sp³-hybridized carbons (Fsp3) is 0.158. The third kappa shape index (κ3) is 1.95. The number of benzene rings is 2. The van der Waals surface area contributed by atoms with Crippen molar-refractivity contribution >= 4 is 23.7 Å². The maximum atomic E-state index is 4.65. The number of allylic oxidation sites excluding steroid dienone is 1. The van der Waals surface area contributed by atoms with Crippen LogP contribution in [-0.2, 0) is 0 Å².